The Morgan fingerprint density at radius 1 is 0.735 bits per heavy atom. The third-order valence-corrected chi connectivity index (χ3v) is 7.35. The largest absolute Gasteiger partial charge is 0.370 e. The van der Waals surface area contributed by atoms with Crippen molar-refractivity contribution in [1.82, 2.24) is 4.98 Å². The second kappa shape index (κ2) is 8.70. The Balaban J connectivity index is 1.52. The lowest BCUT2D eigenvalue weighted by Gasteiger charge is -2.21. The van der Waals surface area contributed by atoms with Gasteiger partial charge in [0.25, 0.3) is 0 Å². The first-order valence-electron chi connectivity index (χ1n) is 12.2. The highest BCUT2D eigenvalue weighted by Crippen LogP contribution is 2.35. The number of aromatic nitrogens is 1. The summed E-state index contributed by atoms with van der Waals surface area (Å²) in [7, 11) is 1.79. The van der Waals surface area contributed by atoms with Crippen LogP contribution in [0.1, 0.15) is 45.2 Å². The Bertz CT molecular complexity index is 1490. The van der Waals surface area contributed by atoms with Crippen molar-refractivity contribution >= 4 is 21.7 Å². The lowest BCUT2D eigenvalue weighted by molar-refractivity contribution is 0.134. The van der Waals surface area contributed by atoms with Crippen LogP contribution < -0.4 is 0 Å². The molecule has 4 aromatic carbocycles. The number of methoxy groups -OCH3 is 1. The molecule has 0 aliphatic heterocycles. The molecule has 4 aliphatic rings. The first kappa shape index (κ1) is 21.1. The van der Waals surface area contributed by atoms with Crippen LogP contribution in [0.5, 0.6) is 0 Å². The van der Waals surface area contributed by atoms with E-state index in [0.717, 1.165) is 36.9 Å². The van der Waals surface area contributed by atoms with E-state index in [2.05, 4.69) is 91.9 Å². The molecule has 168 valence electrons. The third-order valence-electron chi connectivity index (χ3n) is 7.35. The van der Waals surface area contributed by atoms with E-state index in [4.69, 9.17) is 9.72 Å². The van der Waals surface area contributed by atoms with Gasteiger partial charge in [0.15, 0.2) is 0 Å². The van der Waals surface area contributed by atoms with Crippen molar-refractivity contribution in [3.8, 4) is 0 Å². The van der Waals surface area contributed by atoms with Gasteiger partial charge in [-0.2, -0.15) is 0 Å². The fourth-order valence-electron chi connectivity index (χ4n) is 5.56. The minimum absolute atomic E-state index is 0.212. The second-order valence-electron chi connectivity index (χ2n) is 9.47. The third kappa shape index (κ3) is 3.69. The van der Waals surface area contributed by atoms with E-state index in [9.17, 15) is 0 Å². The highest BCUT2D eigenvalue weighted by Gasteiger charge is 2.21. The Labute approximate surface area is 201 Å². The van der Waals surface area contributed by atoms with Crippen molar-refractivity contribution in [3.05, 3.63) is 124 Å². The predicted molar refractivity (Wildman–Crippen MR) is 141 cm³/mol. The van der Waals surface area contributed by atoms with Crippen LogP contribution in [0.2, 0.25) is 0 Å². The van der Waals surface area contributed by atoms with Gasteiger partial charge in [-0.1, -0.05) is 78.9 Å². The molecule has 0 saturated carbocycles. The van der Waals surface area contributed by atoms with Gasteiger partial charge in [0, 0.05) is 12.5 Å². The molecule has 1 atom stereocenters. The molecule has 1 aromatic heterocycles. The molecule has 2 nitrogen and oxygen atoms in total. The highest BCUT2D eigenvalue weighted by atomic mass is 16.5. The van der Waals surface area contributed by atoms with Crippen LogP contribution >= 0.6 is 0 Å². The fraction of sp³-hybridized carbons (Fsp3) is 0.219. The van der Waals surface area contributed by atoms with Crippen LogP contribution in [-0.4, -0.2) is 12.1 Å². The summed E-state index contributed by atoms with van der Waals surface area (Å²) in [5.74, 6) is 0. The zero-order valence-corrected chi connectivity index (χ0v) is 19.8. The maximum absolute atomic E-state index is 6.11. The first-order chi connectivity index (χ1) is 16.7. The quantitative estimate of drug-likeness (QED) is 0.291. The Morgan fingerprint density at radius 2 is 1.41 bits per heavy atom. The molecule has 0 fully saturated rings. The lowest BCUT2D eigenvalue weighted by Crippen LogP contribution is -2.09. The van der Waals surface area contributed by atoms with Crippen LogP contribution in [0, 0.1) is 6.92 Å². The molecule has 9 rings (SSSR count). The molecule has 0 spiro atoms. The molecule has 0 radical (unpaired) electrons. The van der Waals surface area contributed by atoms with Crippen LogP contribution in [-0.2, 0) is 30.4 Å². The van der Waals surface area contributed by atoms with Crippen molar-refractivity contribution in [3.63, 3.8) is 0 Å². The monoisotopic (exact) mass is 443 g/mol. The zero-order valence-electron chi connectivity index (χ0n) is 19.8. The average Bonchev–Trinajstić information content (AvgIpc) is 2.86. The summed E-state index contributed by atoms with van der Waals surface area (Å²) in [6, 6.07) is 31.0. The van der Waals surface area contributed by atoms with Gasteiger partial charge in [-0.15, -0.1) is 0 Å². The maximum Gasteiger partial charge on any atom is 0.125 e. The van der Waals surface area contributed by atoms with Crippen LogP contribution in [0.3, 0.4) is 0 Å². The standard InChI is InChI=1S/C32H29NO/c1-21-20-29(32(34-2)28-9-5-7-24-6-3-4-8-27(24)28)33-31-26-17-15-23-12-10-22(11-13-23)14-16-25(18-19-26)30(21)31/h3-13,18-20,32H,14-17H2,1-2H3/t32-/m1/s1. The highest BCUT2D eigenvalue weighted by molar-refractivity contribution is 5.89. The number of benzene rings is 4. The van der Waals surface area contributed by atoms with Crippen molar-refractivity contribution in [2.75, 3.05) is 7.11 Å². The van der Waals surface area contributed by atoms with Crippen molar-refractivity contribution in [1.29, 1.82) is 0 Å². The van der Waals surface area contributed by atoms with Gasteiger partial charge in [-0.3, -0.25) is 0 Å². The smallest absolute Gasteiger partial charge is 0.125 e. The number of pyridine rings is 1. The van der Waals surface area contributed by atoms with Gasteiger partial charge in [0.1, 0.15) is 6.10 Å². The van der Waals surface area contributed by atoms with Crippen molar-refractivity contribution in [2.45, 2.75) is 38.7 Å². The minimum Gasteiger partial charge on any atom is -0.370 e. The molecule has 1 heterocycles. The van der Waals surface area contributed by atoms with E-state index in [1.54, 1.807) is 7.11 Å². The van der Waals surface area contributed by atoms with E-state index >= 15 is 0 Å². The number of aryl methyl sites for hydroxylation is 5. The normalized spacial score (nSPS) is 14.3. The summed E-state index contributed by atoms with van der Waals surface area (Å²) in [5, 5.41) is 3.77. The summed E-state index contributed by atoms with van der Waals surface area (Å²) >= 11 is 0. The summed E-state index contributed by atoms with van der Waals surface area (Å²) in [6.45, 7) is 2.23. The van der Waals surface area contributed by atoms with E-state index in [1.807, 2.05) is 0 Å². The number of nitrogens with zero attached hydrogens (tertiary/aromatic N) is 1. The molecule has 34 heavy (non-hydrogen) atoms. The molecule has 2 heteroatoms. The summed E-state index contributed by atoms with van der Waals surface area (Å²) in [5.41, 5.74) is 10.1. The summed E-state index contributed by atoms with van der Waals surface area (Å²) in [6.07, 6.45) is 3.87. The van der Waals surface area contributed by atoms with Gasteiger partial charge in [-0.25, -0.2) is 4.98 Å². The van der Waals surface area contributed by atoms with Gasteiger partial charge in [-0.05, 0) is 82.8 Å². The topological polar surface area (TPSA) is 22.1 Å². The van der Waals surface area contributed by atoms with E-state index in [-0.39, 0.29) is 6.10 Å². The Hall–Kier alpha value is -3.49. The van der Waals surface area contributed by atoms with Crippen LogP contribution in [0.15, 0.2) is 84.9 Å². The Kier molecular flexibility index (Phi) is 5.39. The number of hydrogen-bond acceptors (Lipinski definition) is 2. The molecule has 0 saturated heterocycles. The molecule has 0 N–H and O–H groups in total. The van der Waals surface area contributed by atoms with Crippen molar-refractivity contribution < 1.29 is 4.74 Å². The molecule has 0 amide bonds. The molecule has 4 bridgehead atoms. The van der Waals surface area contributed by atoms with Gasteiger partial charge >= 0.3 is 0 Å². The summed E-state index contributed by atoms with van der Waals surface area (Å²) < 4.78 is 6.11. The second-order valence-corrected chi connectivity index (χ2v) is 9.47. The Morgan fingerprint density at radius 3 is 2.18 bits per heavy atom. The maximum atomic E-state index is 6.11. The lowest BCUT2D eigenvalue weighted by atomic mass is 9.90. The number of rotatable bonds is 3. The molecule has 4 aliphatic carbocycles. The number of hydrogen-bond donors (Lipinski definition) is 0. The number of fused-ring (bicyclic) bond motifs is 1. The first-order valence-corrected chi connectivity index (χ1v) is 12.2. The molecular weight excluding hydrogens is 414 g/mol. The number of ether oxygens (including phenoxy) is 1. The van der Waals surface area contributed by atoms with Gasteiger partial charge in [0.05, 0.1) is 11.2 Å². The molecule has 0 unspecified atom stereocenters. The van der Waals surface area contributed by atoms with E-state index in [1.165, 1.54) is 49.5 Å². The van der Waals surface area contributed by atoms with Crippen LogP contribution in [0.25, 0.3) is 21.7 Å². The zero-order chi connectivity index (χ0) is 23.1. The van der Waals surface area contributed by atoms with Gasteiger partial charge in [0.2, 0.25) is 0 Å². The van der Waals surface area contributed by atoms with E-state index in [0.29, 0.717) is 0 Å². The molecule has 5 aromatic rings. The van der Waals surface area contributed by atoms with E-state index < -0.39 is 0 Å². The van der Waals surface area contributed by atoms with Gasteiger partial charge < -0.3 is 4.74 Å². The fourth-order valence-corrected chi connectivity index (χ4v) is 5.56. The summed E-state index contributed by atoms with van der Waals surface area (Å²) in [4.78, 5) is 5.32. The predicted octanol–water partition coefficient (Wildman–Crippen LogP) is 7.32. The SMILES string of the molecule is CO[C@@H](c1cc(C)c2c3ccc(c2n1)CCc1ccc(cc1)CC3)c1cccc2ccccc12. The average molecular weight is 444 g/mol. The van der Waals surface area contributed by atoms with Crippen LogP contribution in [0.4, 0.5) is 0 Å². The molecular formula is C32H29NO. The van der Waals surface area contributed by atoms with Crippen molar-refractivity contribution in [2.24, 2.45) is 0 Å². The minimum atomic E-state index is -0.212.